The molecule has 7 nitrogen and oxygen atoms in total. The van der Waals surface area contributed by atoms with Crippen molar-refractivity contribution in [1.82, 2.24) is 0 Å². The third-order valence-electron chi connectivity index (χ3n) is 3.79. The lowest BCUT2D eigenvalue weighted by molar-refractivity contribution is -0.195. The van der Waals surface area contributed by atoms with E-state index in [0.717, 1.165) is 6.42 Å². The van der Waals surface area contributed by atoms with Crippen LogP contribution in [-0.2, 0) is 14.3 Å². The third kappa shape index (κ3) is 4.34. The summed E-state index contributed by atoms with van der Waals surface area (Å²) in [7, 11) is 2.98. The second kappa shape index (κ2) is 8.14. The van der Waals surface area contributed by atoms with Gasteiger partial charge in [-0.1, -0.05) is 6.07 Å². The van der Waals surface area contributed by atoms with Crippen molar-refractivity contribution in [2.45, 2.75) is 25.2 Å². The first-order valence-electron chi connectivity index (χ1n) is 7.42. The summed E-state index contributed by atoms with van der Waals surface area (Å²) in [5.74, 6) is -1.21. The van der Waals surface area contributed by atoms with Gasteiger partial charge < -0.3 is 29.2 Å². The fraction of sp³-hybridized carbons (Fsp3) is 0.562. The zero-order valence-electron chi connectivity index (χ0n) is 13.2. The Morgan fingerprint density at radius 2 is 1.91 bits per heavy atom. The number of benzene rings is 1. The highest BCUT2D eigenvalue weighted by Gasteiger charge is 2.32. The molecule has 0 amide bonds. The largest absolute Gasteiger partial charge is 0.493 e. The van der Waals surface area contributed by atoms with Gasteiger partial charge in [-0.15, -0.1) is 0 Å². The van der Waals surface area contributed by atoms with Crippen molar-refractivity contribution in [3.8, 4) is 11.5 Å². The Hall–Kier alpha value is -1.83. The van der Waals surface area contributed by atoms with E-state index in [1.165, 1.54) is 14.2 Å². The summed E-state index contributed by atoms with van der Waals surface area (Å²) in [6.45, 7) is 1.06. The summed E-state index contributed by atoms with van der Waals surface area (Å²) in [4.78, 5) is 11.5. The second-order valence-corrected chi connectivity index (χ2v) is 5.26. The molecule has 0 saturated carbocycles. The molecular weight excluding hydrogens is 304 g/mol. The highest BCUT2D eigenvalue weighted by molar-refractivity contribution is 5.71. The Bertz CT molecular complexity index is 525. The maximum absolute atomic E-state index is 11.5. The van der Waals surface area contributed by atoms with Gasteiger partial charge in [-0.05, 0) is 24.1 Å². The highest BCUT2D eigenvalue weighted by atomic mass is 16.7. The number of aliphatic hydroxyl groups is 1. The normalized spacial score (nSPS) is 18.2. The topological polar surface area (TPSA) is 94.5 Å². The number of ether oxygens (including phenoxy) is 4. The predicted octanol–water partition coefficient (Wildman–Crippen LogP) is 1.59. The van der Waals surface area contributed by atoms with Crippen LogP contribution >= 0.6 is 0 Å². The minimum absolute atomic E-state index is 0.0743. The summed E-state index contributed by atoms with van der Waals surface area (Å²) >= 11 is 0. The van der Waals surface area contributed by atoms with Crippen molar-refractivity contribution < 1.29 is 34.0 Å². The fourth-order valence-electron chi connectivity index (χ4n) is 2.51. The predicted molar refractivity (Wildman–Crippen MR) is 80.6 cm³/mol. The molecule has 0 bridgehead atoms. The molecule has 0 radical (unpaired) electrons. The molecule has 1 heterocycles. The van der Waals surface area contributed by atoms with Crippen molar-refractivity contribution in [2.75, 3.05) is 27.4 Å². The van der Waals surface area contributed by atoms with Gasteiger partial charge in [-0.25, -0.2) is 0 Å². The van der Waals surface area contributed by atoms with Gasteiger partial charge in [0.2, 0.25) is 0 Å². The standard InChI is InChI=1S/C16H22O7/c1-20-12-5-4-10(8-13(12)21-2)15(17)11(16(18)19)9-14-22-6-3-7-23-14/h4-5,8,11,14-15,17H,3,6-7,9H2,1-2H3,(H,18,19). The number of aliphatic carboxylic acids is 1. The van der Waals surface area contributed by atoms with Crippen molar-refractivity contribution >= 4 is 5.97 Å². The minimum atomic E-state index is -1.21. The van der Waals surface area contributed by atoms with E-state index < -0.39 is 24.3 Å². The quantitative estimate of drug-likeness (QED) is 0.785. The number of aliphatic hydroxyl groups excluding tert-OH is 1. The summed E-state index contributed by atoms with van der Waals surface area (Å²) in [5.41, 5.74) is 0.436. The van der Waals surface area contributed by atoms with E-state index >= 15 is 0 Å². The number of carbonyl (C=O) groups is 1. The monoisotopic (exact) mass is 326 g/mol. The Balaban J connectivity index is 2.16. The van der Waals surface area contributed by atoms with Crippen LogP contribution in [0.5, 0.6) is 11.5 Å². The lowest BCUT2D eigenvalue weighted by atomic mass is 9.92. The average Bonchev–Trinajstić information content (AvgIpc) is 2.59. The van der Waals surface area contributed by atoms with E-state index in [1.54, 1.807) is 18.2 Å². The van der Waals surface area contributed by atoms with E-state index in [9.17, 15) is 15.0 Å². The van der Waals surface area contributed by atoms with Crippen LogP contribution in [0.4, 0.5) is 0 Å². The fourth-order valence-corrected chi connectivity index (χ4v) is 2.51. The van der Waals surface area contributed by atoms with Gasteiger partial charge in [0, 0.05) is 6.42 Å². The van der Waals surface area contributed by atoms with Gasteiger partial charge in [0.1, 0.15) is 0 Å². The zero-order valence-corrected chi connectivity index (χ0v) is 13.2. The molecule has 0 aliphatic carbocycles. The smallest absolute Gasteiger partial charge is 0.309 e. The van der Waals surface area contributed by atoms with Crippen LogP contribution in [0, 0.1) is 5.92 Å². The van der Waals surface area contributed by atoms with Crippen LogP contribution in [0.1, 0.15) is 24.5 Å². The Morgan fingerprint density at radius 3 is 2.48 bits per heavy atom. The summed E-state index contributed by atoms with van der Waals surface area (Å²) in [6, 6.07) is 4.82. The Kier molecular flexibility index (Phi) is 6.20. The van der Waals surface area contributed by atoms with Gasteiger partial charge >= 0.3 is 5.97 Å². The van der Waals surface area contributed by atoms with Crippen LogP contribution in [0.2, 0.25) is 0 Å². The average molecular weight is 326 g/mol. The first-order chi connectivity index (χ1) is 11.1. The van der Waals surface area contributed by atoms with E-state index in [0.29, 0.717) is 30.3 Å². The molecule has 7 heteroatoms. The van der Waals surface area contributed by atoms with Crippen LogP contribution in [0.25, 0.3) is 0 Å². The van der Waals surface area contributed by atoms with Crippen molar-refractivity contribution in [1.29, 1.82) is 0 Å². The number of carboxylic acid groups (broad SMARTS) is 1. The number of hydrogen-bond acceptors (Lipinski definition) is 6. The number of rotatable bonds is 7. The van der Waals surface area contributed by atoms with E-state index in [2.05, 4.69) is 0 Å². The molecule has 128 valence electrons. The lowest BCUT2D eigenvalue weighted by Crippen LogP contribution is -2.32. The van der Waals surface area contributed by atoms with Gasteiger partial charge in [-0.3, -0.25) is 4.79 Å². The summed E-state index contributed by atoms with van der Waals surface area (Å²) < 4.78 is 21.1. The molecule has 1 aromatic carbocycles. The molecule has 1 aliphatic rings. The van der Waals surface area contributed by atoms with Gasteiger partial charge in [0.15, 0.2) is 17.8 Å². The molecule has 2 unspecified atom stereocenters. The van der Waals surface area contributed by atoms with Gasteiger partial charge in [0.25, 0.3) is 0 Å². The van der Waals surface area contributed by atoms with Crippen LogP contribution in [0.15, 0.2) is 18.2 Å². The van der Waals surface area contributed by atoms with Crippen molar-refractivity contribution in [3.05, 3.63) is 23.8 Å². The molecule has 1 aromatic rings. The molecule has 1 saturated heterocycles. The Labute approximate surface area is 134 Å². The first kappa shape index (κ1) is 17.5. The number of methoxy groups -OCH3 is 2. The molecule has 0 spiro atoms. The molecule has 1 aliphatic heterocycles. The summed E-state index contributed by atoms with van der Waals surface area (Å²) in [6.07, 6.45) is -0.960. The van der Waals surface area contributed by atoms with Crippen LogP contribution in [0.3, 0.4) is 0 Å². The SMILES string of the molecule is COc1ccc(C(O)C(CC2OCCCO2)C(=O)O)cc1OC. The maximum atomic E-state index is 11.5. The third-order valence-corrected chi connectivity index (χ3v) is 3.79. The molecule has 2 rings (SSSR count). The van der Waals surface area contributed by atoms with Gasteiger partial charge in [0.05, 0.1) is 39.5 Å². The zero-order chi connectivity index (χ0) is 16.8. The molecule has 2 atom stereocenters. The molecule has 23 heavy (non-hydrogen) atoms. The second-order valence-electron chi connectivity index (χ2n) is 5.26. The Morgan fingerprint density at radius 1 is 1.26 bits per heavy atom. The van der Waals surface area contributed by atoms with Gasteiger partial charge in [-0.2, -0.15) is 0 Å². The molecule has 2 N–H and O–H groups in total. The summed E-state index contributed by atoms with van der Waals surface area (Å²) in [5, 5.41) is 19.9. The number of hydrogen-bond donors (Lipinski definition) is 2. The molecular formula is C16H22O7. The van der Waals surface area contributed by atoms with Crippen LogP contribution < -0.4 is 9.47 Å². The maximum Gasteiger partial charge on any atom is 0.309 e. The lowest BCUT2D eigenvalue weighted by Gasteiger charge is -2.28. The van der Waals surface area contributed by atoms with E-state index in [-0.39, 0.29) is 6.42 Å². The minimum Gasteiger partial charge on any atom is -0.493 e. The van der Waals surface area contributed by atoms with E-state index in [1.807, 2.05) is 0 Å². The van der Waals surface area contributed by atoms with Crippen molar-refractivity contribution in [3.63, 3.8) is 0 Å². The first-order valence-corrected chi connectivity index (χ1v) is 7.42. The van der Waals surface area contributed by atoms with Crippen LogP contribution in [-0.4, -0.2) is 49.9 Å². The molecule has 0 aromatic heterocycles. The number of carboxylic acids is 1. The van der Waals surface area contributed by atoms with E-state index in [4.69, 9.17) is 18.9 Å². The molecule has 1 fully saturated rings. The highest BCUT2D eigenvalue weighted by Crippen LogP contribution is 2.34. The van der Waals surface area contributed by atoms with Crippen molar-refractivity contribution in [2.24, 2.45) is 5.92 Å².